The molecule has 0 radical (unpaired) electrons. The first-order valence-corrected chi connectivity index (χ1v) is 11.4. The molecule has 0 spiro atoms. The third kappa shape index (κ3) is 4.13. The van der Waals surface area contributed by atoms with Crippen LogP contribution in [0.25, 0.3) is 0 Å². The van der Waals surface area contributed by atoms with Crippen LogP contribution in [0.3, 0.4) is 0 Å². The summed E-state index contributed by atoms with van der Waals surface area (Å²) < 4.78 is 16.2. The van der Waals surface area contributed by atoms with Gasteiger partial charge in [-0.3, -0.25) is 14.3 Å². The van der Waals surface area contributed by atoms with Gasteiger partial charge in [-0.2, -0.15) is 0 Å². The Morgan fingerprint density at radius 3 is 2.26 bits per heavy atom. The molecular weight excluding hydrogens is 429 g/mol. The molecule has 0 saturated carbocycles. The van der Waals surface area contributed by atoms with Crippen molar-refractivity contribution in [1.82, 2.24) is 14.5 Å². The zero-order chi connectivity index (χ0) is 23.7. The summed E-state index contributed by atoms with van der Waals surface area (Å²) >= 11 is 0. The molecule has 172 valence electrons. The Labute approximate surface area is 197 Å². The van der Waals surface area contributed by atoms with E-state index in [4.69, 9.17) is 4.98 Å². The van der Waals surface area contributed by atoms with E-state index in [1.807, 2.05) is 72.5 Å². The maximum absolute atomic E-state index is 14.4. The van der Waals surface area contributed by atoms with E-state index in [2.05, 4.69) is 0 Å². The first-order valence-electron chi connectivity index (χ1n) is 11.4. The number of rotatable bonds is 5. The molecule has 0 unspecified atom stereocenters. The van der Waals surface area contributed by atoms with Gasteiger partial charge in [0.05, 0.1) is 17.3 Å². The van der Waals surface area contributed by atoms with Crippen LogP contribution >= 0.6 is 0 Å². The van der Waals surface area contributed by atoms with Crippen LogP contribution in [0.15, 0.2) is 83.7 Å². The van der Waals surface area contributed by atoms with Crippen molar-refractivity contribution in [2.24, 2.45) is 0 Å². The SMILES string of the molecule is Cc1nc2c(c(=O)n1C(c1ccccc1)c1ccccc1)CN(Cc1cccc(O)c1F)CC2. The van der Waals surface area contributed by atoms with Crippen LogP contribution in [0.2, 0.25) is 0 Å². The number of aromatic hydroxyl groups is 1. The van der Waals surface area contributed by atoms with E-state index in [0.29, 0.717) is 43.0 Å². The van der Waals surface area contributed by atoms with E-state index in [-0.39, 0.29) is 17.4 Å². The second kappa shape index (κ2) is 9.23. The van der Waals surface area contributed by atoms with Gasteiger partial charge in [0, 0.05) is 31.6 Å². The van der Waals surface area contributed by atoms with Crippen molar-refractivity contribution < 1.29 is 9.50 Å². The zero-order valence-electron chi connectivity index (χ0n) is 19.0. The first kappa shape index (κ1) is 22.0. The molecule has 0 amide bonds. The molecule has 1 N–H and O–H groups in total. The fourth-order valence-corrected chi connectivity index (χ4v) is 4.79. The van der Waals surface area contributed by atoms with Gasteiger partial charge >= 0.3 is 0 Å². The molecule has 5 nitrogen and oxygen atoms in total. The van der Waals surface area contributed by atoms with Gasteiger partial charge in [-0.05, 0) is 24.1 Å². The van der Waals surface area contributed by atoms with Gasteiger partial charge in [0.25, 0.3) is 5.56 Å². The summed E-state index contributed by atoms with van der Waals surface area (Å²) in [6.07, 6.45) is 0.619. The highest BCUT2D eigenvalue weighted by atomic mass is 19.1. The summed E-state index contributed by atoms with van der Waals surface area (Å²) in [5, 5.41) is 9.72. The van der Waals surface area contributed by atoms with Gasteiger partial charge in [-0.25, -0.2) is 9.37 Å². The van der Waals surface area contributed by atoms with Crippen molar-refractivity contribution in [3.63, 3.8) is 0 Å². The highest BCUT2D eigenvalue weighted by Gasteiger charge is 2.27. The zero-order valence-corrected chi connectivity index (χ0v) is 19.0. The number of hydrogen-bond acceptors (Lipinski definition) is 4. The lowest BCUT2D eigenvalue weighted by atomic mass is 9.97. The molecule has 3 aromatic carbocycles. The van der Waals surface area contributed by atoms with E-state index in [9.17, 15) is 14.3 Å². The molecule has 0 saturated heterocycles. The van der Waals surface area contributed by atoms with Gasteiger partial charge in [0.15, 0.2) is 11.6 Å². The molecule has 34 heavy (non-hydrogen) atoms. The van der Waals surface area contributed by atoms with Crippen LogP contribution in [0.1, 0.15) is 39.8 Å². The van der Waals surface area contributed by atoms with Crippen LogP contribution in [0.5, 0.6) is 5.75 Å². The lowest BCUT2D eigenvalue weighted by molar-refractivity contribution is 0.236. The lowest BCUT2D eigenvalue weighted by Gasteiger charge is -2.30. The van der Waals surface area contributed by atoms with Crippen molar-refractivity contribution in [2.45, 2.75) is 32.5 Å². The average Bonchev–Trinajstić information content (AvgIpc) is 2.86. The predicted molar refractivity (Wildman–Crippen MR) is 129 cm³/mol. The summed E-state index contributed by atoms with van der Waals surface area (Å²) in [7, 11) is 0. The van der Waals surface area contributed by atoms with E-state index < -0.39 is 5.82 Å². The molecule has 0 aliphatic carbocycles. The summed E-state index contributed by atoms with van der Waals surface area (Å²) in [6, 6.07) is 24.3. The Morgan fingerprint density at radius 2 is 1.62 bits per heavy atom. The van der Waals surface area contributed by atoms with Crippen LogP contribution in [-0.4, -0.2) is 26.1 Å². The second-order valence-corrected chi connectivity index (χ2v) is 8.69. The largest absolute Gasteiger partial charge is 0.505 e. The Kier molecular flexibility index (Phi) is 5.99. The summed E-state index contributed by atoms with van der Waals surface area (Å²) in [5.74, 6) is -0.294. The van der Waals surface area contributed by atoms with Crippen molar-refractivity contribution in [3.8, 4) is 5.75 Å². The second-order valence-electron chi connectivity index (χ2n) is 8.69. The Balaban J connectivity index is 1.56. The van der Waals surface area contributed by atoms with E-state index in [1.54, 1.807) is 16.7 Å². The fraction of sp³-hybridized carbons (Fsp3) is 0.214. The molecular formula is C28H26FN3O2. The van der Waals surface area contributed by atoms with Crippen molar-refractivity contribution in [2.75, 3.05) is 6.54 Å². The highest BCUT2D eigenvalue weighted by molar-refractivity contribution is 5.35. The standard InChI is InChI=1S/C28H26FN3O2/c1-19-30-24-15-16-31(17-22-13-8-14-25(33)26(22)29)18-23(24)28(34)32(19)27(20-9-4-2-5-10-20)21-11-6-3-7-12-21/h2-14,27,33H,15-18H2,1H3. The molecule has 5 rings (SSSR count). The van der Waals surface area contributed by atoms with Crippen molar-refractivity contribution >= 4 is 0 Å². The third-order valence-electron chi connectivity index (χ3n) is 6.46. The number of benzene rings is 3. The van der Waals surface area contributed by atoms with E-state index in [0.717, 1.165) is 16.8 Å². The normalized spacial score (nSPS) is 13.7. The number of halogens is 1. The Bertz CT molecular complexity index is 1330. The molecule has 0 bridgehead atoms. The lowest BCUT2D eigenvalue weighted by Crippen LogP contribution is -2.40. The van der Waals surface area contributed by atoms with Crippen molar-refractivity contribution in [3.05, 3.63) is 129 Å². The number of phenolic OH excluding ortho intramolecular Hbond substituents is 1. The molecule has 4 aromatic rings. The maximum Gasteiger partial charge on any atom is 0.259 e. The molecule has 1 aliphatic rings. The number of fused-ring (bicyclic) bond motifs is 1. The minimum atomic E-state index is -0.610. The van der Waals surface area contributed by atoms with Gasteiger partial charge in [0.2, 0.25) is 0 Å². The minimum Gasteiger partial charge on any atom is -0.505 e. The molecule has 1 aromatic heterocycles. The monoisotopic (exact) mass is 455 g/mol. The van der Waals surface area contributed by atoms with Crippen molar-refractivity contribution in [1.29, 1.82) is 0 Å². The maximum atomic E-state index is 14.4. The molecule has 6 heteroatoms. The number of aryl methyl sites for hydroxylation is 1. The van der Waals surface area contributed by atoms with Crippen LogP contribution in [-0.2, 0) is 19.5 Å². The van der Waals surface area contributed by atoms with Crippen LogP contribution in [0.4, 0.5) is 4.39 Å². The summed E-state index contributed by atoms with van der Waals surface area (Å²) in [5.41, 5.74) is 3.82. The minimum absolute atomic E-state index is 0.0683. The van der Waals surface area contributed by atoms with E-state index >= 15 is 0 Å². The Hall–Kier alpha value is -3.77. The van der Waals surface area contributed by atoms with Gasteiger partial charge in [-0.15, -0.1) is 0 Å². The number of aromatic nitrogens is 2. The van der Waals surface area contributed by atoms with Crippen LogP contribution < -0.4 is 5.56 Å². The smallest absolute Gasteiger partial charge is 0.259 e. The summed E-state index contributed by atoms with van der Waals surface area (Å²) in [4.78, 5) is 20.8. The molecule has 0 fully saturated rings. The summed E-state index contributed by atoms with van der Waals surface area (Å²) in [6.45, 7) is 3.24. The predicted octanol–water partition coefficient (Wildman–Crippen LogP) is 4.59. The Morgan fingerprint density at radius 1 is 0.971 bits per heavy atom. The van der Waals surface area contributed by atoms with Crippen LogP contribution in [0, 0.1) is 12.7 Å². The fourth-order valence-electron chi connectivity index (χ4n) is 4.79. The van der Waals surface area contributed by atoms with Gasteiger partial charge in [0.1, 0.15) is 5.82 Å². The topological polar surface area (TPSA) is 58.4 Å². The molecule has 2 heterocycles. The van der Waals surface area contributed by atoms with Gasteiger partial charge < -0.3 is 5.11 Å². The van der Waals surface area contributed by atoms with Gasteiger partial charge in [-0.1, -0.05) is 72.8 Å². The average molecular weight is 456 g/mol. The number of hydrogen-bond donors (Lipinski definition) is 1. The third-order valence-corrected chi connectivity index (χ3v) is 6.46. The van der Waals surface area contributed by atoms with E-state index in [1.165, 1.54) is 6.07 Å². The quantitative estimate of drug-likeness (QED) is 0.478. The number of phenols is 1. The molecule has 1 aliphatic heterocycles. The number of nitrogens with zero attached hydrogens (tertiary/aromatic N) is 3. The highest BCUT2D eigenvalue weighted by Crippen LogP contribution is 2.28. The first-order chi connectivity index (χ1) is 16.5. The molecule has 0 atom stereocenters.